The van der Waals surface area contributed by atoms with Gasteiger partial charge in [0.15, 0.2) is 0 Å². The van der Waals surface area contributed by atoms with E-state index in [0.29, 0.717) is 18.2 Å². The topological polar surface area (TPSA) is 141 Å². The van der Waals surface area contributed by atoms with E-state index < -0.39 is 36.2 Å². The first-order valence-electron chi connectivity index (χ1n) is 3.63. The zero-order valence-electron chi connectivity index (χ0n) is 8.14. The fourth-order valence-electron chi connectivity index (χ4n) is 0.928. The van der Waals surface area contributed by atoms with Gasteiger partial charge in [-0.05, 0) is 0 Å². The second kappa shape index (κ2) is 5.90. The van der Waals surface area contributed by atoms with E-state index in [0.717, 1.165) is 0 Å². The van der Waals surface area contributed by atoms with Gasteiger partial charge in [0, 0.05) is 12.1 Å². The van der Waals surface area contributed by atoms with E-state index in [4.69, 9.17) is 4.55 Å². The zero-order chi connectivity index (χ0) is 12.5. The molecular weight excluding hydrogens is 381 g/mol. The Kier molecular flexibility index (Phi) is 5.73. The molecule has 1 aromatic rings. The predicted octanol–water partition coefficient (Wildman–Crippen LogP) is 0.369. The summed E-state index contributed by atoms with van der Waals surface area (Å²) >= 11 is 0. The van der Waals surface area contributed by atoms with E-state index >= 15 is 0 Å². The Bertz CT molecular complexity index is 537. The molecule has 0 heterocycles. The van der Waals surface area contributed by atoms with Gasteiger partial charge in [0.1, 0.15) is 4.90 Å². The van der Waals surface area contributed by atoms with Crippen LogP contribution in [0.15, 0.2) is 23.1 Å². The fraction of sp³-hybridized carbons (Fsp3) is 0. The van der Waals surface area contributed by atoms with Crippen molar-refractivity contribution in [2.45, 2.75) is 4.90 Å². The summed E-state index contributed by atoms with van der Waals surface area (Å²) in [4.78, 5) is 17.8. The van der Waals surface area contributed by atoms with Crippen LogP contribution in [0.3, 0.4) is 0 Å². The molecule has 1 aromatic carbocycles. The molecule has 0 bridgehead atoms. The Balaban J connectivity index is 0.00000256. The summed E-state index contributed by atoms with van der Waals surface area (Å²) in [5, 5.41) is 20.7. The number of nitro groups is 2. The van der Waals surface area contributed by atoms with Crippen LogP contribution in [0.1, 0.15) is 0 Å². The first-order chi connectivity index (χ1) is 7.21. The van der Waals surface area contributed by atoms with Crippen molar-refractivity contribution in [2.24, 2.45) is 0 Å². The van der Waals surface area contributed by atoms with Gasteiger partial charge in [0.2, 0.25) is 0 Å². The molecule has 1 rings (SSSR count). The summed E-state index contributed by atoms with van der Waals surface area (Å²) in [5.41, 5.74) is -1.58. The first-order valence-corrected chi connectivity index (χ1v) is 5.07. The minimum absolute atomic E-state index is 0. The standard InChI is InChI=1S/C6H4N2O7S.Ba/c9-7(10)4-1-5(8(11)12)3-6(2-4)16(13,14)15;/h1-3H,(H,13,14,15);/q;+2. The molecule has 0 aliphatic carbocycles. The SMILES string of the molecule is O=[N+]([O-])c1cc([N+](=O)[O-])cc(S(=O)(=O)O)c1.[Ba+2]. The van der Waals surface area contributed by atoms with Crippen molar-refractivity contribution in [1.82, 2.24) is 0 Å². The summed E-state index contributed by atoms with van der Waals surface area (Å²) < 4.78 is 30.0. The summed E-state index contributed by atoms with van der Waals surface area (Å²) in [5.74, 6) is 0. The van der Waals surface area contributed by atoms with Crippen LogP contribution >= 0.6 is 0 Å². The van der Waals surface area contributed by atoms with Gasteiger partial charge < -0.3 is 0 Å². The molecular formula is C6H4BaN2O7S+2. The molecule has 0 radical (unpaired) electrons. The molecule has 86 valence electrons. The molecule has 0 atom stereocenters. The molecule has 0 unspecified atom stereocenters. The molecule has 0 spiro atoms. The van der Waals surface area contributed by atoms with E-state index in [1.54, 1.807) is 0 Å². The fourth-order valence-corrected chi connectivity index (χ4v) is 1.47. The summed E-state index contributed by atoms with van der Waals surface area (Å²) in [6.07, 6.45) is 0. The third-order valence-electron chi connectivity index (χ3n) is 1.60. The van der Waals surface area contributed by atoms with Crippen molar-refractivity contribution in [3.63, 3.8) is 0 Å². The summed E-state index contributed by atoms with van der Waals surface area (Å²) in [6, 6.07) is 1.65. The Labute approximate surface area is 135 Å². The molecule has 0 aromatic heterocycles. The second-order valence-corrected chi connectivity index (χ2v) is 4.10. The van der Waals surface area contributed by atoms with Crippen LogP contribution in [0.25, 0.3) is 0 Å². The van der Waals surface area contributed by atoms with Gasteiger partial charge in [-0.25, -0.2) is 0 Å². The summed E-state index contributed by atoms with van der Waals surface area (Å²) in [7, 11) is -4.72. The van der Waals surface area contributed by atoms with Crippen LogP contribution in [0, 0.1) is 20.2 Å². The van der Waals surface area contributed by atoms with Crippen LogP contribution in [0.2, 0.25) is 0 Å². The molecule has 0 aliphatic rings. The minimum atomic E-state index is -4.72. The molecule has 17 heavy (non-hydrogen) atoms. The van der Waals surface area contributed by atoms with E-state index in [9.17, 15) is 28.6 Å². The minimum Gasteiger partial charge on any atom is -0.282 e. The van der Waals surface area contributed by atoms with Crippen molar-refractivity contribution in [3.8, 4) is 0 Å². The summed E-state index contributed by atoms with van der Waals surface area (Å²) in [6.45, 7) is 0. The van der Waals surface area contributed by atoms with E-state index in [2.05, 4.69) is 0 Å². The van der Waals surface area contributed by atoms with Gasteiger partial charge in [-0.1, -0.05) is 0 Å². The number of hydrogen-bond donors (Lipinski definition) is 1. The quantitative estimate of drug-likeness (QED) is 0.343. The van der Waals surface area contributed by atoms with Crippen molar-refractivity contribution >= 4 is 70.4 Å². The van der Waals surface area contributed by atoms with Crippen LogP contribution in [-0.2, 0) is 10.1 Å². The van der Waals surface area contributed by atoms with Gasteiger partial charge in [-0.2, -0.15) is 8.42 Å². The van der Waals surface area contributed by atoms with Crippen LogP contribution < -0.4 is 0 Å². The Morgan fingerprint density at radius 3 is 1.59 bits per heavy atom. The number of nitro benzene ring substituents is 2. The van der Waals surface area contributed by atoms with Crippen molar-refractivity contribution in [2.75, 3.05) is 0 Å². The Morgan fingerprint density at radius 2 is 1.35 bits per heavy atom. The van der Waals surface area contributed by atoms with E-state index in [-0.39, 0.29) is 48.9 Å². The van der Waals surface area contributed by atoms with Crippen LogP contribution in [-0.4, -0.2) is 71.7 Å². The third kappa shape index (κ3) is 4.35. The second-order valence-electron chi connectivity index (χ2n) is 2.67. The molecule has 0 fully saturated rings. The monoisotopic (exact) mass is 386 g/mol. The maximum absolute atomic E-state index is 10.7. The average molecular weight is 386 g/mol. The molecule has 0 saturated heterocycles. The third-order valence-corrected chi connectivity index (χ3v) is 2.43. The molecule has 9 nitrogen and oxygen atoms in total. The van der Waals surface area contributed by atoms with Gasteiger partial charge >= 0.3 is 48.9 Å². The molecule has 0 saturated carbocycles. The van der Waals surface area contributed by atoms with Crippen LogP contribution in [0.4, 0.5) is 11.4 Å². The van der Waals surface area contributed by atoms with E-state index in [1.165, 1.54) is 0 Å². The maximum Gasteiger partial charge on any atom is 2.00 e. The number of non-ortho nitro benzene ring substituents is 2. The Hall–Kier alpha value is -0.499. The van der Waals surface area contributed by atoms with Crippen molar-refractivity contribution in [3.05, 3.63) is 38.4 Å². The van der Waals surface area contributed by atoms with Gasteiger partial charge in [-0.3, -0.25) is 24.8 Å². The molecule has 11 heteroatoms. The zero-order valence-corrected chi connectivity index (χ0v) is 13.4. The number of hydrogen-bond acceptors (Lipinski definition) is 6. The average Bonchev–Trinajstić information content (AvgIpc) is 2.15. The molecule has 1 N–H and O–H groups in total. The number of nitrogens with zero attached hydrogens (tertiary/aromatic N) is 2. The molecule has 0 aliphatic heterocycles. The van der Waals surface area contributed by atoms with Crippen molar-refractivity contribution < 1.29 is 22.8 Å². The largest absolute Gasteiger partial charge is 2.00 e. The molecule has 0 amide bonds. The normalized spacial score (nSPS) is 10.4. The van der Waals surface area contributed by atoms with Gasteiger partial charge in [0.05, 0.1) is 15.9 Å². The predicted molar refractivity (Wildman–Crippen MR) is 55.3 cm³/mol. The van der Waals surface area contributed by atoms with Gasteiger partial charge in [-0.15, -0.1) is 0 Å². The maximum atomic E-state index is 10.7. The smallest absolute Gasteiger partial charge is 0.282 e. The number of benzene rings is 1. The number of rotatable bonds is 3. The van der Waals surface area contributed by atoms with Crippen LogP contribution in [0.5, 0.6) is 0 Å². The first kappa shape index (κ1) is 16.5. The Morgan fingerprint density at radius 1 is 1.00 bits per heavy atom. The van der Waals surface area contributed by atoms with Crippen molar-refractivity contribution in [1.29, 1.82) is 0 Å². The van der Waals surface area contributed by atoms with Gasteiger partial charge in [0.25, 0.3) is 21.5 Å². The van der Waals surface area contributed by atoms with E-state index in [1.807, 2.05) is 0 Å².